The van der Waals surface area contributed by atoms with Gasteiger partial charge in [0.2, 0.25) is 6.79 Å². The maximum atomic E-state index is 10.9. The number of rotatable bonds is 1. The lowest BCUT2D eigenvalue weighted by Gasteiger charge is -1.93. The van der Waals surface area contributed by atoms with E-state index >= 15 is 0 Å². The monoisotopic (exact) mass is 242 g/mol. The molecule has 1 aromatic heterocycles. The zero-order valence-electron chi connectivity index (χ0n) is 7.80. The minimum atomic E-state index is -4.33. The summed E-state index contributed by atoms with van der Waals surface area (Å²) in [5, 5.41) is -0.494. The van der Waals surface area contributed by atoms with E-state index in [1.54, 1.807) is 12.1 Å². The van der Waals surface area contributed by atoms with Crippen LogP contribution in [0.4, 0.5) is 0 Å². The minimum Gasteiger partial charge on any atom is -0.454 e. The Bertz CT molecular complexity index is 634. The average Bonchev–Trinajstić information content (AvgIpc) is 2.75. The zero-order chi connectivity index (χ0) is 11.3. The third-order valence-corrected chi connectivity index (χ3v) is 2.88. The molecular weight excluding hydrogens is 236 g/mol. The molecule has 16 heavy (non-hydrogen) atoms. The predicted molar refractivity (Wildman–Crippen MR) is 52.0 cm³/mol. The number of H-pyrrole nitrogens is 1. The smallest absolute Gasteiger partial charge is 0.328 e. The first-order chi connectivity index (χ1) is 7.54. The Morgan fingerprint density at radius 1 is 1.31 bits per heavy atom. The fraction of sp³-hybridized carbons (Fsp3) is 0.125. The van der Waals surface area contributed by atoms with Gasteiger partial charge in [0.05, 0.1) is 11.0 Å². The number of hydrogen-bond donors (Lipinski definition) is 2. The molecule has 0 radical (unpaired) electrons. The highest BCUT2D eigenvalue weighted by Gasteiger charge is 2.19. The van der Waals surface area contributed by atoms with Gasteiger partial charge in [-0.1, -0.05) is 0 Å². The van der Waals surface area contributed by atoms with Crippen LogP contribution >= 0.6 is 0 Å². The van der Waals surface area contributed by atoms with Crippen molar-refractivity contribution in [2.75, 3.05) is 6.79 Å². The van der Waals surface area contributed by atoms with Gasteiger partial charge in [-0.05, 0) is 0 Å². The molecule has 1 aromatic carbocycles. The highest BCUT2D eigenvalue weighted by Crippen LogP contribution is 2.35. The molecule has 8 heteroatoms. The first-order valence-corrected chi connectivity index (χ1v) is 5.75. The molecule has 3 rings (SSSR count). The Morgan fingerprint density at radius 2 is 2.00 bits per heavy atom. The van der Waals surface area contributed by atoms with Gasteiger partial charge >= 0.3 is 10.1 Å². The topological polar surface area (TPSA) is 102 Å². The van der Waals surface area contributed by atoms with Gasteiger partial charge in [-0.2, -0.15) is 8.42 Å². The second-order valence-electron chi connectivity index (χ2n) is 3.24. The first kappa shape index (κ1) is 9.43. The van der Waals surface area contributed by atoms with Crippen LogP contribution in [-0.2, 0) is 10.1 Å². The largest absolute Gasteiger partial charge is 0.454 e. The van der Waals surface area contributed by atoms with Crippen molar-refractivity contribution in [3.05, 3.63) is 12.1 Å². The summed E-state index contributed by atoms with van der Waals surface area (Å²) in [5.41, 5.74) is 0.841. The van der Waals surface area contributed by atoms with Gasteiger partial charge in [-0.15, -0.1) is 0 Å². The molecule has 2 heterocycles. The van der Waals surface area contributed by atoms with Gasteiger partial charge in [0, 0.05) is 12.1 Å². The van der Waals surface area contributed by atoms with Crippen LogP contribution in [0.25, 0.3) is 11.0 Å². The average molecular weight is 242 g/mol. The maximum absolute atomic E-state index is 10.9. The van der Waals surface area contributed by atoms with Crippen molar-refractivity contribution in [3.8, 4) is 11.5 Å². The fourth-order valence-electron chi connectivity index (χ4n) is 1.50. The van der Waals surface area contributed by atoms with Crippen molar-refractivity contribution in [1.82, 2.24) is 9.97 Å². The first-order valence-electron chi connectivity index (χ1n) is 4.31. The third-order valence-electron chi connectivity index (χ3n) is 2.20. The number of aromatic nitrogens is 2. The van der Waals surface area contributed by atoms with Crippen LogP contribution in [-0.4, -0.2) is 29.7 Å². The summed E-state index contributed by atoms with van der Waals surface area (Å²) in [7, 11) is -4.33. The second kappa shape index (κ2) is 2.86. The molecule has 0 spiro atoms. The SMILES string of the molecule is O=S(=O)(O)c1nc2cc3c(cc2[nH]1)OCO3. The summed E-state index contributed by atoms with van der Waals surface area (Å²) < 4.78 is 40.8. The van der Waals surface area contributed by atoms with Gasteiger partial charge in [0.1, 0.15) is 0 Å². The molecule has 1 aliphatic rings. The number of imidazole rings is 1. The van der Waals surface area contributed by atoms with Crippen LogP contribution in [0.2, 0.25) is 0 Å². The highest BCUT2D eigenvalue weighted by atomic mass is 32.2. The van der Waals surface area contributed by atoms with Crippen LogP contribution < -0.4 is 9.47 Å². The molecule has 0 atom stereocenters. The van der Waals surface area contributed by atoms with Gasteiger partial charge in [-0.25, -0.2) is 4.98 Å². The highest BCUT2D eigenvalue weighted by molar-refractivity contribution is 7.85. The van der Waals surface area contributed by atoms with E-state index in [9.17, 15) is 8.42 Å². The quantitative estimate of drug-likeness (QED) is 0.707. The van der Waals surface area contributed by atoms with Gasteiger partial charge in [0.15, 0.2) is 11.5 Å². The zero-order valence-corrected chi connectivity index (χ0v) is 8.61. The Labute approximate surface area is 89.8 Å². The van der Waals surface area contributed by atoms with E-state index in [2.05, 4.69) is 9.97 Å². The normalized spacial score (nSPS) is 14.6. The van der Waals surface area contributed by atoms with Gasteiger partial charge < -0.3 is 14.5 Å². The van der Waals surface area contributed by atoms with Gasteiger partial charge in [-0.3, -0.25) is 4.55 Å². The molecule has 2 N–H and O–H groups in total. The lowest BCUT2D eigenvalue weighted by molar-refractivity contribution is 0.174. The van der Waals surface area contributed by atoms with Crippen molar-refractivity contribution in [2.45, 2.75) is 5.16 Å². The number of nitrogens with zero attached hydrogens (tertiary/aromatic N) is 1. The molecule has 0 amide bonds. The van der Waals surface area contributed by atoms with E-state index in [4.69, 9.17) is 14.0 Å². The van der Waals surface area contributed by atoms with Crippen LogP contribution in [0, 0.1) is 0 Å². The number of ether oxygens (including phenoxy) is 2. The summed E-state index contributed by atoms with van der Waals surface area (Å²) in [5.74, 6) is 1.01. The van der Waals surface area contributed by atoms with E-state index in [1.807, 2.05) is 0 Å². The van der Waals surface area contributed by atoms with Crippen molar-refractivity contribution >= 4 is 21.2 Å². The number of aromatic amines is 1. The summed E-state index contributed by atoms with van der Waals surface area (Å²) in [6.45, 7) is 0.132. The van der Waals surface area contributed by atoms with E-state index < -0.39 is 15.3 Å². The lowest BCUT2D eigenvalue weighted by Crippen LogP contribution is -1.99. The Balaban J connectivity index is 2.27. The van der Waals surface area contributed by atoms with Crippen LogP contribution in [0.5, 0.6) is 11.5 Å². The van der Waals surface area contributed by atoms with Crippen LogP contribution in [0.1, 0.15) is 0 Å². The fourth-order valence-corrected chi connectivity index (χ4v) is 1.95. The van der Waals surface area contributed by atoms with E-state index in [0.717, 1.165) is 0 Å². The van der Waals surface area contributed by atoms with Gasteiger partial charge in [0.25, 0.3) is 5.16 Å². The van der Waals surface area contributed by atoms with E-state index in [-0.39, 0.29) is 6.79 Å². The minimum absolute atomic E-state index is 0.132. The molecular formula is C8H6N2O5S. The van der Waals surface area contributed by atoms with Crippen LogP contribution in [0.3, 0.4) is 0 Å². The van der Waals surface area contributed by atoms with E-state index in [0.29, 0.717) is 22.5 Å². The lowest BCUT2D eigenvalue weighted by atomic mass is 10.3. The Morgan fingerprint density at radius 3 is 2.69 bits per heavy atom. The van der Waals surface area contributed by atoms with E-state index in [1.165, 1.54) is 0 Å². The standard InChI is InChI=1S/C8H6N2O5S/c11-16(12,13)8-9-4-1-6-7(15-3-14-6)2-5(4)10-8/h1-2H,3H2,(H,9,10)(H,11,12,13). The molecule has 1 aliphatic heterocycles. The Kier molecular flexibility index (Phi) is 1.69. The summed E-state index contributed by atoms with van der Waals surface area (Å²) in [4.78, 5) is 6.21. The van der Waals surface area contributed by atoms with Crippen molar-refractivity contribution < 1.29 is 22.4 Å². The molecule has 0 saturated heterocycles. The number of nitrogens with one attached hydrogen (secondary N) is 1. The van der Waals surface area contributed by atoms with Crippen LogP contribution in [0.15, 0.2) is 17.3 Å². The van der Waals surface area contributed by atoms with Crippen molar-refractivity contribution in [1.29, 1.82) is 0 Å². The molecule has 7 nitrogen and oxygen atoms in total. The number of hydrogen-bond acceptors (Lipinski definition) is 5. The summed E-state index contributed by atoms with van der Waals surface area (Å²) >= 11 is 0. The second-order valence-corrected chi connectivity index (χ2v) is 4.58. The number of benzene rings is 1. The molecule has 84 valence electrons. The Hall–Kier alpha value is -1.80. The molecule has 0 saturated carbocycles. The molecule has 0 unspecified atom stereocenters. The maximum Gasteiger partial charge on any atom is 0.328 e. The molecule has 0 aliphatic carbocycles. The predicted octanol–water partition coefficient (Wildman–Crippen LogP) is 0.538. The summed E-state index contributed by atoms with van der Waals surface area (Å²) in [6, 6.07) is 3.11. The van der Waals surface area contributed by atoms with Crippen molar-refractivity contribution in [3.63, 3.8) is 0 Å². The third kappa shape index (κ3) is 1.31. The molecule has 0 bridgehead atoms. The molecule has 0 fully saturated rings. The molecule has 2 aromatic rings. The number of fused-ring (bicyclic) bond motifs is 2. The summed E-state index contributed by atoms with van der Waals surface area (Å²) in [6.07, 6.45) is 0. The van der Waals surface area contributed by atoms with Crippen molar-refractivity contribution in [2.24, 2.45) is 0 Å².